The second-order valence-electron chi connectivity index (χ2n) is 8.37. The Bertz CT molecular complexity index is 1740. The van der Waals surface area contributed by atoms with Crippen molar-refractivity contribution in [2.45, 2.75) is 18.0 Å². The standard InChI is InChI=1S/C26H22ClF3N6O4S/c1-14-36-22(17-11-34-25(39-3)35-12-17)23(40-14)19-10-16(15-5-4-6-18(9-15)41(37,38)32-2)7-8-21(19)33-13-20(27)24(31)26(28,29)30/h4-13,31-33H,1-3H3/b20-13+,31-24?. The summed E-state index contributed by atoms with van der Waals surface area (Å²) >= 11 is 5.75. The number of sulfonamides is 1. The van der Waals surface area contributed by atoms with Gasteiger partial charge in [0, 0.05) is 42.3 Å². The number of rotatable bonds is 9. The van der Waals surface area contributed by atoms with E-state index in [9.17, 15) is 21.6 Å². The lowest BCUT2D eigenvalue weighted by Gasteiger charge is -2.13. The summed E-state index contributed by atoms with van der Waals surface area (Å²) in [5.74, 6) is 0.492. The summed E-state index contributed by atoms with van der Waals surface area (Å²) in [4.78, 5) is 12.7. The Kier molecular flexibility index (Phi) is 8.47. The molecular weight excluding hydrogens is 585 g/mol. The van der Waals surface area contributed by atoms with Crippen LogP contribution in [0.3, 0.4) is 0 Å². The number of ether oxygens (including phenoxy) is 1. The number of nitrogens with one attached hydrogen (secondary N) is 3. The van der Waals surface area contributed by atoms with Crippen molar-refractivity contribution < 1.29 is 30.7 Å². The van der Waals surface area contributed by atoms with Gasteiger partial charge >= 0.3 is 12.2 Å². The second kappa shape index (κ2) is 11.7. The van der Waals surface area contributed by atoms with Crippen LogP contribution in [0.2, 0.25) is 0 Å². The van der Waals surface area contributed by atoms with Crippen LogP contribution in [-0.2, 0) is 10.0 Å². The molecule has 214 valence electrons. The van der Waals surface area contributed by atoms with Gasteiger partial charge < -0.3 is 14.5 Å². The summed E-state index contributed by atoms with van der Waals surface area (Å²) in [5.41, 5.74) is 0.759. The molecule has 0 aliphatic carbocycles. The monoisotopic (exact) mass is 606 g/mol. The van der Waals surface area contributed by atoms with Gasteiger partial charge in [-0.25, -0.2) is 28.1 Å². The van der Waals surface area contributed by atoms with Crippen molar-refractivity contribution in [1.29, 1.82) is 5.41 Å². The van der Waals surface area contributed by atoms with Crippen molar-refractivity contribution in [2.75, 3.05) is 19.5 Å². The molecule has 0 aliphatic rings. The minimum Gasteiger partial charge on any atom is -0.467 e. The van der Waals surface area contributed by atoms with Gasteiger partial charge in [-0.05, 0) is 42.4 Å². The Morgan fingerprint density at radius 3 is 2.41 bits per heavy atom. The van der Waals surface area contributed by atoms with Crippen LogP contribution in [0.25, 0.3) is 33.7 Å². The number of anilines is 1. The summed E-state index contributed by atoms with van der Waals surface area (Å²) in [6.07, 6.45) is -1.16. The summed E-state index contributed by atoms with van der Waals surface area (Å²) in [7, 11) is -1.02. The number of oxazole rings is 1. The first-order chi connectivity index (χ1) is 19.3. The number of aromatic nitrogens is 3. The van der Waals surface area contributed by atoms with E-state index in [1.54, 1.807) is 37.3 Å². The molecule has 4 aromatic rings. The number of hydrogen-bond acceptors (Lipinski definition) is 9. The van der Waals surface area contributed by atoms with E-state index >= 15 is 0 Å². The number of alkyl halides is 3. The third-order valence-corrected chi connectivity index (χ3v) is 7.42. The van der Waals surface area contributed by atoms with Gasteiger partial charge in [-0.3, -0.25) is 5.41 Å². The van der Waals surface area contributed by atoms with E-state index in [-0.39, 0.29) is 28.2 Å². The molecule has 0 unspecified atom stereocenters. The minimum atomic E-state index is -4.94. The molecule has 41 heavy (non-hydrogen) atoms. The van der Waals surface area contributed by atoms with Gasteiger partial charge in [-0.15, -0.1) is 0 Å². The van der Waals surface area contributed by atoms with E-state index in [2.05, 4.69) is 25.0 Å². The molecule has 0 fully saturated rings. The summed E-state index contributed by atoms with van der Waals surface area (Å²) in [6.45, 7) is 1.61. The first-order valence-corrected chi connectivity index (χ1v) is 13.5. The Morgan fingerprint density at radius 2 is 1.78 bits per heavy atom. The molecule has 4 rings (SSSR count). The lowest BCUT2D eigenvalue weighted by Crippen LogP contribution is -2.22. The molecule has 0 spiro atoms. The molecule has 2 aromatic carbocycles. The van der Waals surface area contributed by atoms with Gasteiger partial charge in [0.05, 0.1) is 17.0 Å². The van der Waals surface area contributed by atoms with Gasteiger partial charge in [0.15, 0.2) is 17.4 Å². The highest BCUT2D eigenvalue weighted by atomic mass is 35.5. The summed E-state index contributed by atoms with van der Waals surface area (Å²) in [5, 5.41) is 9.12. The quantitative estimate of drug-likeness (QED) is 0.204. The molecule has 0 bridgehead atoms. The topological polar surface area (TPSA) is 143 Å². The van der Waals surface area contributed by atoms with Gasteiger partial charge in [-0.2, -0.15) is 13.2 Å². The van der Waals surface area contributed by atoms with E-state index < -0.39 is 26.9 Å². The number of allylic oxidation sites excluding steroid dienone is 1. The summed E-state index contributed by atoms with van der Waals surface area (Å²) < 4.78 is 76.9. The summed E-state index contributed by atoms with van der Waals surface area (Å²) in [6, 6.07) is 11.2. The molecule has 0 aliphatic heterocycles. The molecular formula is C26H22ClF3N6O4S. The van der Waals surface area contributed by atoms with E-state index in [0.29, 0.717) is 27.9 Å². The molecule has 2 aromatic heterocycles. The van der Waals surface area contributed by atoms with Crippen LogP contribution >= 0.6 is 11.6 Å². The zero-order chi connectivity index (χ0) is 29.9. The van der Waals surface area contributed by atoms with Crippen LogP contribution in [-0.4, -0.2) is 49.4 Å². The molecule has 0 atom stereocenters. The normalized spacial score (nSPS) is 12.3. The second-order valence-corrected chi connectivity index (χ2v) is 10.7. The van der Waals surface area contributed by atoms with Crippen LogP contribution in [0.15, 0.2) is 75.4 Å². The van der Waals surface area contributed by atoms with Crippen LogP contribution in [0.5, 0.6) is 6.01 Å². The average molecular weight is 607 g/mol. The highest BCUT2D eigenvalue weighted by molar-refractivity contribution is 7.89. The largest absolute Gasteiger partial charge is 0.467 e. The molecule has 3 N–H and O–H groups in total. The Hall–Kier alpha value is -4.27. The van der Waals surface area contributed by atoms with Crippen LogP contribution in [0, 0.1) is 12.3 Å². The van der Waals surface area contributed by atoms with Crippen molar-refractivity contribution in [3.63, 3.8) is 0 Å². The average Bonchev–Trinajstić information content (AvgIpc) is 3.36. The molecule has 0 saturated heterocycles. The van der Waals surface area contributed by atoms with Crippen LogP contribution < -0.4 is 14.8 Å². The minimum absolute atomic E-state index is 0.0354. The Morgan fingerprint density at radius 1 is 1.10 bits per heavy atom. The van der Waals surface area contributed by atoms with Crippen molar-refractivity contribution in [1.82, 2.24) is 19.7 Å². The maximum atomic E-state index is 13.0. The van der Waals surface area contributed by atoms with E-state index in [1.165, 1.54) is 38.7 Å². The lowest BCUT2D eigenvalue weighted by molar-refractivity contribution is -0.0586. The van der Waals surface area contributed by atoms with Gasteiger partial charge in [-0.1, -0.05) is 29.8 Å². The fourth-order valence-electron chi connectivity index (χ4n) is 3.70. The first kappa shape index (κ1) is 29.7. The Labute approximate surface area is 237 Å². The zero-order valence-electron chi connectivity index (χ0n) is 21.7. The zero-order valence-corrected chi connectivity index (χ0v) is 23.2. The van der Waals surface area contributed by atoms with Gasteiger partial charge in [0.1, 0.15) is 5.69 Å². The maximum Gasteiger partial charge on any atom is 0.434 e. The predicted octanol–water partition coefficient (Wildman–Crippen LogP) is 5.76. The van der Waals surface area contributed by atoms with E-state index in [4.69, 9.17) is 26.2 Å². The van der Waals surface area contributed by atoms with Gasteiger partial charge in [0.25, 0.3) is 0 Å². The van der Waals surface area contributed by atoms with Crippen LogP contribution in [0.1, 0.15) is 5.89 Å². The number of halogens is 4. The molecule has 15 heteroatoms. The number of benzene rings is 2. The lowest BCUT2D eigenvalue weighted by atomic mass is 9.99. The van der Waals surface area contributed by atoms with Crippen molar-refractivity contribution in [3.8, 4) is 39.7 Å². The number of methoxy groups -OCH3 is 1. The smallest absolute Gasteiger partial charge is 0.434 e. The molecule has 0 radical (unpaired) electrons. The van der Waals surface area contributed by atoms with Gasteiger partial charge in [0.2, 0.25) is 10.0 Å². The number of aryl methyl sites for hydroxylation is 1. The molecule has 0 saturated carbocycles. The molecule has 0 amide bonds. The van der Waals surface area contributed by atoms with Crippen molar-refractivity contribution in [2.24, 2.45) is 0 Å². The molecule has 2 heterocycles. The first-order valence-electron chi connectivity index (χ1n) is 11.6. The van der Waals surface area contributed by atoms with Crippen molar-refractivity contribution >= 4 is 33.0 Å². The Balaban J connectivity index is 1.88. The van der Waals surface area contributed by atoms with Crippen LogP contribution in [0.4, 0.5) is 18.9 Å². The third kappa shape index (κ3) is 6.56. The number of hydrogen-bond donors (Lipinski definition) is 3. The molecule has 10 nitrogen and oxygen atoms in total. The van der Waals surface area contributed by atoms with Crippen molar-refractivity contribution in [3.05, 3.63) is 72.0 Å². The SMILES string of the molecule is CNS(=O)(=O)c1cccc(-c2ccc(N/C=C(/Cl)C(=N)C(F)(F)F)c(-c3oc(C)nc3-c3cnc(OC)nc3)c2)c1. The number of nitrogens with zero attached hydrogens (tertiary/aromatic N) is 3. The highest BCUT2D eigenvalue weighted by Gasteiger charge is 2.36. The van der Waals surface area contributed by atoms with E-state index in [0.717, 1.165) is 6.20 Å². The maximum absolute atomic E-state index is 13.0. The fraction of sp³-hybridized carbons (Fsp3) is 0.154. The highest BCUT2D eigenvalue weighted by Crippen LogP contribution is 2.39. The fourth-order valence-corrected chi connectivity index (χ4v) is 4.63. The van der Waals surface area contributed by atoms with E-state index in [1.807, 2.05) is 0 Å². The third-order valence-electron chi connectivity index (χ3n) is 5.71. The predicted molar refractivity (Wildman–Crippen MR) is 147 cm³/mol.